The van der Waals surface area contributed by atoms with Crippen LogP contribution in [-0.4, -0.2) is 9.97 Å². The molecule has 1 N–H and O–H groups in total. The highest BCUT2D eigenvalue weighted by atomic mass is 16.5. The molecular formula is C117H83N3O3. The van der Waals surface area contributed by atoms with Gasteiger partial charge in [-0.15, -0.1) is 0 Å². The SMILES string of the molecule is C1=CC2C(c3cccc(-c4cc(-c5ccccc5)cc(-c5ccccc5)n4)c3)=CC=C3Oc4ccccc4C(=C1)C32.C1=CCC(c2cc(-c3ccccc3)nc(-c3ccc(-c4ccc5c6c(cccc46)-c4ccccc4O5)cc3)c2)C=C1.C1=CCC(c2ccc3c4c(cccc24)-c2ccccc2O3)C(C2=CC(c3ccccc3)=CC(c3ccccc3)N2)=C1. The number of hydrogen-bond donors (Lipinski definition) is 1. The topological polar surface area (TPSA) is 65.5 Å². The van der Waals surface area contributed by atoms with Crippen molar-refractivity contribution in [3.05, 3.63) is 493 Å². The Balaban J connectivity index is 0.000000110. The molecule has 4 aliphatic heterocycles. The van der Waals surface area contributed by atoms with E-state index in [2.05, 4.69) is 418 Å². The van der Waals surface area contributed by atoms with Gasteiger partial charge in [0.05, 0.1) is 34.7 Å². The molecule has 0 fully saturated rings. The monoisotopic (exact) mass is 1580 g/mol. The lowest BCUT2D eigenvalue weighted by Gasteiger charge is -2.39. The number of nitrogens with zero attached hydrogens (tertiary/aromatic N) is 2. The second-order valence-corrected chi connectivity index (χ2v) is 32.3. The van der Waals surface area contributed by atoms with E-state index in [1.165, 1.54) is 111 Å². The summed E-state index contributed by atoms with van der Waals surface area (Å²) in [5, 5.41) is 8.74. The number of benzene rings is 14. The van der Waals surface area contributed by atoms with Crippen LogP contribution in [0.25, 0.3) is 128 Å². The molecule has 0 saturated carbocycles. The number of fused-ring (bicyclic) bond motifs is 6. The molecule has 5 atom stereocenters. The Morgan fingerprint density at radius 1 is 0.301 bits per heavy atom. The average molecular weight is 1580 g/mol. The molecular weight excluding hydrogens is 1500 g/mol. The molecule has 4 aliphatic carbocycles. The number of para-hydroxylation sites is 3. The van der Waals surface area contributed by atoms with Crippen LogP contribution in [0.4, 0.5) is 0 Å². The zero-order valence-electron chi connectivity index (χ0n) is 67.6. The van der Waals surface area contributed by atoms with E-state index in [0.717, 1.165) is 109 Å². The number of rotatable bonds is 12. The Morgan fingerprint density at radius 3 is 1.49 bits per heavy atom. The van der Waals surface area contributed by atoms with E-state index < -0.39 is 0 Å². The second-order valence-electron chi connectivity index (χ2n) is 32.3. The van der Waals surface area contributed by atoms with E-state index in [9.17, 15) is 0 Å². The maximum absolute atomic E-state index is 6.40. The smallest absolute Gasteiger partial charge is 0.135 e. The number of pyridine rings is 2. The molecule has 0 spiro atoms. The molecule has 2 aromatic heterocycles. The molecule has 6 heteroatoms. The van der Waals surface area contributed by atoms with Crippen molar-refractivity contribution in [3.63, 3.8) is 0 Å². The fraction of sp³-hybridized carbons (Fsp3) is 0.0598. The van der Waals surface area contributed by atoms with Gasteiger partial charge in [0.25, 0.3) is 0 Å². The van der Waals surface area contributed by atoms with E-state index in [1.54, 1.807) is 0 Å². The van der Waals surface area contributed by atoms with Crippen molar-refractivity contribution < 1.29 is 14.2 Å². The first-order valence-corrected chi connectivity index (χ1v) is 42.6. The minimum Gasteiger partial charge on any atom is -0.460 e. The lowest BCUT2D eigenvalue weighted by atomic mass is 9.69. The summed E-state index contributed by atoms with van der Waals surface area (Å²) in [7, 11) is 0. The number of hydrogen-bond acceptors (Lipinski definition) is 6. The molecule has 123 heavy (non-hydrogen) atoms. The van der Waals surface area contributed by atoms with Crippen LogP contribution in [0.1, 0.15) is 64.1 Å². The number of ether oxygens (including phenoxy) is 3. The summed E-state index contributed by atoms with van der Waals surface area (Å²) in [5.41, 5.74) is 31.8. The first-order valence-electron chi connectivity index (χ1n) is 42.6. The van der Waals surface area contributed by atoms with Crippen molar-refractivity contribution in [2.75, 3.05) is 0 Å². The molecule has 16 aromatic rings. The fourth-order valence-corrected chi connectivity index (χ4v) is 19.1. The van der Waals surface area contributed by atoms with Gasteiger partial charge in [0.1, 0.15) is 34.5 Å². The Kier molecular flexibility index (Phi) is 19.4. The first kappa shape index (κ1) is 73.8. The van der Waals surface area contributed by atoms with Crippen molar-refractivity contribution in [2.24, 2.45) is 11.8 Å². The zero-order valence-corrected chi connectivity index (χ0v) is 67.6. The van der Waals surface area contributed by atoms with Gasteiger partial charge in [0, 0.05) is 73.2 Å². The van der Waals surface area contributed by atoms with Gasteiger partial charge in [0.2, 0.25) is 0 Å². The van der Waals surface area contributed by atoms with Crippen LogP contribution >= 0.6 is 0 Å². The van der Waals surface area contributed by atoms with Crippen LogP contribution in [-0.2, 0) is 0 Å². The Labute approximate surface area is 717 Å². The summed E-state index contributed by atoms with van der Waals surface area (Å²) < 4.78 is 19.1. The van der Waals surface area contributed by atoms with Crippen LogP contribution in [0, 0.1) is 11.8 Å². The number of aromatic nitrogens is 2. The summed E-state index contributed by atoms with van der Waals surface area (Å²) >= 11 is 0. The molecule has 5 unspecified atom stereocenters. The van der Waals surface area contributed by atoms with E-state index in [0.29, 0.717) is 5.92 Å². The molecule has 0 radical (unpaired) electrons. The maximum Gasteiger partial charge on any atom is 0.135 e. The molecule has 6 heterocycles. The predicted molar refractivity (Wildman–Crippen MR) is 506 cm³/mol. The van der Waals surface area contributed by atoms with Crippen molar-refractivity contribution in [3.8, 4) is 118 Å². The summed E-state index contributed by atoms with van der Waals surface area (Å²) in [4.78, 5) is 10.3. The molecule has 6 nitrogen and oxygen atoms in total. The van der Waals surface area contributed by atoms with Crippen molar-refractivity contribution in [1.82, 2.24) is 15.3 Å². The van der Waals surface area contributed by atoms with Crippen LogP contribution in [0.5, 0.6) is 28.7 Å². The van der Waals surface area contributed by atoms with Crippen LogP contribution in [0.15, 0.2) is 460 Å². The van der Waals surface area contributed by atoms with E-state index in [4.69, 9.17) is 24.2 Å². The lowest BCUT2D eigenvalue weighted by molar-refractivity contribution is 0.343. The van der Waals surface area contributed by atoms with Crippen molar-refractivity contribution in [2.45, 2.75) is 30.7 Å². The Hall–Kier alpha value is -15.5. The number of dihydropyridines is 1. The molecule has 584 valence electrons. The van der Waals surface area contributed by atoms with Gasteiger partial charge < -0.3 is 19.5 Å². The Bertz CT molecular complexity index is 7110. The summed E-state index contributed by atoms with van der Waals surface area (Å²) in [6.45, 7) is 0. The highest BCUT2D eigenvalue weighted by molar-refractivity contribution is 6.10. The van der Waals surface area contributed by atoms with E-state index in [-0.39, 0.29) is 23.8 Å². The van der Waals surface area contributed by atoms with Gasteiger partial charge in [-0.25, -0.2) is 9.97 Å². The highest BCUT2D eigenvalue weighted by Crippen LogP contribution is 2.55. The quantitative estimate of drug-likeness (QED) is 0.131. The highest BCUT2D eigenvalue weighted by Gasteiger charge is 2.40. The fourth-order valence-electron chi connectivity index (χ4n) is 19.1. The van der Waals surface area contributed by atoms with Crippen molar-refractivity contribution >= 4 is 38.3 Å². The summed E-state index contributed by atoms with van der Waals surface area (Å²) in [6.07, 6.45) is 33.4. The average Bonchev–Trinajstić information content (AvgIpc) is 0.746. The van der Waals surface area contributed by atoms with Gasteiger partial charge >= 0.3 is 0 Å². The van der Waals surface area contributed by atoms with Crippen LogP contribution in [0.3, 0.4) is 0 Å². The lowest BCUT2D eigenvalue weighted by Crippen LogP contribution is -2.28. The molecule has 14 aromatic carbocycles. The van der Waals surface area contributed by atoms with Gasteiger partial charge in [-0.05, 0) is 186 Å². The van der Waals surface area contributed by atoms with Crippen LogP contribution < -0.4 is 19.5 Å². The molecule has 24 rings (SSSR count). The van der Waals surface area contributed by atoms with Crippen molar-refractivity contribution in [1.29, 1.82) is 0 Å². The van der Waals surface area contributed by atoms with Gasteiger partial charge in [-0.3, -0.25) is 0 Å². The van der Waals surface area contributed by atoms with Gasteiger partial charge in [-0.1, -0.05) is 364 Å². The minimum atomic E-state index is 0.0834. The predicted octanol–water partition coefficient (Wildman–Crippen LogP) is 30.1. The zero-order chi connectivity index (χ0) is 81.5. The first-order chi connectivity index (χ1) is 61.0. The summed E-state index contributed by atoms with van der Waals surface area (Å²) in [5.74, 6) is 6.60. The summed E-state index contributed by atoms with van der Waals surface area (Å²) in [6, 6.07) is 126. The molecule has 0 amide bonds. The number of allylic oxidation sites excluding steroid dienone is 17. The number of nitrogens with one attached hydrogen (secondary N) is 1. The van der Waals surface area contributed by atoms with E-state index >= 15 is 0 Å². The van der Waals surface area contributed by atoms with E-state index in [1.807, 2.05) is 30.3 Å². The third-order valence-corrected chi connectivity index (χ3v) is 25.0. The largest absolute Gasteiger partial charge is 0.460 e. The normalized spacial score (nSPS) is 17.4. The Morgan fingerprint density at radius 2 is 0.821 bits per heavy atom. The molecule has 8 aliphatic rings. The second kappa shape index (κ2) is 32.3. The molecule has 0 saturated heterocycles. The third-order valence-electron chi connectivity index (χ3n) is 25.0. The third kappa shape index (κ3) is 14.3. The molecule has 0 bridgehead atoms. The minimum absolute atomic E-state index is 0.0834. The standard InChI is InChI=1S/C39H27NO.C39H29NO.C39H27NO/c1-3-11-26(12-4-1)30-24-35(27-13-5-2-6-14-27)40-36(25-30)29-16-9-15-28(23-29)31-21-22-38-39-33(31)18-10-19-34(39)32-17-7-8-20-37(32)41-38;1-3-12-26(13-4-1)28-24-35(27-14-5-2-6-15-27)40-36(25-28)31-17-8-7-16-29(31)30-22-23-38-39-33(30)19-11-20-34(39)32-18-9-10-21-37(32)41-38;1-3-10-26(11-4-1)30-24-35(28-12-5-2-6-13-28)40-36(25-30)29-20-18-27(19-21-29)31-22-23-38-39-33(31)15-9-16-34(39)32-14-7-8-17-37(32)41-38/h1-25,33,39H;1-15,17-25,29,35,40H,16H2;1-10,12-26H,11H2. The van der Waals surface area contributed by atoms with Crippen LogP contribution in [0.2, 0.25) is 0 Å². The van der Waals surface area contributed by atoms with Gasteiger partial charge in [-0.2, -0.15) is 0 Å². The van der Waals surface area contributed by atoms with Gasteiger partial charge in [0.15, 0.2) is 0 Å². The maximum atomic E-state index is 6.40.